The molecule has 2 rings (SSSR count). The van der Waals surface area contributed by atoms with Crippen LogP contribution in [0.2, 0.25) is 0 Å². The van der Waals surface area contributed by atoms with E-state index in [1.54, 1.807) is 6.07 Å². The normalized spacial score (nSPS) is 10.4. The van der Waals surface area contributed by atoms with Gasteiger partial charge in [0.1, 0.15) is 5.58 Å². The Kier molecular flexibility index (Phi) is 2.91. The average Bonchev–Trinajstić information content (AvgIpc) is 2.26. The van der Waals surface area contributed by atoms with E-state index in [1.165, 1.54) is 17.2 Å². The number of benzene rings is 1. The summed E-state index contributed by atoms with van der Waals surface area (Å²) < 4.78 is 5.07. The fraction of sp³-hybridized carbons (Fsp3) is 0.214. The molecule has 0 spiro atoms. The summed E-state index contributed by atoms with van der Waals surface area (Å²) in [4.78, 5) is 11.0. The van der Waals surface area contributed by atoms with Gasteiger partial charge < -0.3 is 4.42 Å². The molecule has 0 amide bonds. The van der Waals surface area contributed by atoms with Crippen molar-refractivity contribution in [3.05, 3.63) is 58.0 Å². The summed E-state index contributed by atoms with van der Waals surface area (Å²) in [5, 5.41) is 0.972. The van der Waals surface area contributed by atoms with Crippen molar-refractivity contribution in [3.63, 3.8) is 0 Å². The Morgan fingerprint density at radius 2 is 2.06 bits per heavy atom. The molecule has 0 saturated heterocycles. The van der Waals surface area contributed by atoms with E-state index in [9.17, 15) is 4.79 Å². The molecule has 2 heteroatoms. The van der Waals surface area contributed by atoms with Crippen LogP contribution in [0.25, 0.3) is 11.0 Å². The summed E-state index contributed by atoms with van der Waals surface area (Å²) in [6.45, 7) is 4.17. The predicted molar refractivity (Wildman–Crippen MR) is 65.6 cm³/mol. The first-order chi connectivity index (χ1) is 7.65. The largest absolute Gasteiger partial charge is 0.423 e. The van der Waals surface area contributed by atoms with Crippen LogP contribution in [0.1, 0.15) is 19.4 Å². The van der Waals surface area contributed by atoms with Gasteiger partial charge >= 0.3 is 5.63 Å². The fourth-order valence-corrected chi connectivity index (χ4v) is 1.57. The zero-order valence-electron chi connectivity index (χ0n) is 9.49. The smallest absolute Gasteiger partial charge is 0.336 e. The molecule has 0 aliphatic carbocycles. The Hall–Kier alpha value is -1.83. The van der Waals surface area contributed by atoms with Crippen LogP contribution in [0.15, 0.2) is 51.2 Å². The summed E-state index contributed by atoms with van der Waals surface area (Å²) in [7, 11) is 0. The molecule has 0 saturated carbocycles. The summed E-state index contributed by atoms with van der Waals surface area (Å²) in [5.74, 6) is 0. The van der Waals surface area contributed by atoms with Crippen molar-refractivity contribution in [3.8, 4) is 0 Å². The first-order valence-corrected chi connectivity index (χ1v) is 5.31. The third-order valence-electron chi connectivity index (χ3n) is 2.43. The first kappa shape index (κ1) is 10.7. The third-order valence-corrected chi connectivity index (χ3v) is 2.43. The molecule has 2 aromatic rings. The molecule has 0 fully saturated rings. The van der Waals surface area contributed by atoms with Gasteiger partial charge in [-0.3, -0.25) is 0 Å². The lowest BCUT2D eigenvalue weighted by atomic mass is 10.1. The van der Waals surface area contributed by atoms with E-state index in [1.807, 2.05) is 12.1 Å². The molecular formula is C14H14O2. The van der Waals surface area contributed by atoms with Crippen molar-refractivity contribution in [2.24, 2.45) is 0 Å². The Labute approximate surface area is 94.2 Å². The van der Waals surface area contributed by atoms with Crippen LogP contribution >= 0.6 is 0 Å². The standard InChI is InChI=1S/C14H14O2/c1-10(2)3-4-11-5-7-13-12(9-11)6-8-14(15)16-13/h3,5-9H,4H2,1-2H3. The van der Waals surface area contributed by atoms with Gasteiger partial charge in [0, 0.05) is 11.5 Å². The Balaban J connectivity index is 2.41. The van der Waals surface area contributed by atoms with Crippen molar-refractivity contribution in [1.29, 1.82) is 0 Å². The van der Waals surface area contributed by atoms with Gasteiger partial charge in [-0.25, -0.2) is 4.79 Å². The van der Waals surface area contributed by atoms with E-state index in [0.29, 0.717) is 5.58 Å². The molecular weight excluding hydrogens is 200 g/mol. The molecule has 0 aliphatic rings. The van der Waals surface area contributed by atoms with Crippen LogP contribution in [0.5, 0.6) is 0 Å². The number of hydrogen-bond donors (Lipinski definition) is 0. The lowest BCUT2D eigenvalue weighted by Gasteiger charge is -2.00. The predicted octanol–water partition coefficient (Wildman–Crippen LogP) is 3.30. The minimum atomic E-state index is -0.301. The van der Waals surface area contributed by atoms with Crippen LogP contribution in [0.3, 0.4) is 0 Å². The highest BCUT2D eigenvalue weighted by molar-refractivity contribution is 5.77. The van der Waals surface area contributed by atoms with Crippen molar-refractivity contribution >= 4 is 11.0 Å². The topological polar surface area (TPSA) is 30.2 Å². The summed E-state index contributed by atoms with van der Waals surface area (Å²) in [6.07, 6.45) is 3.09. The summed E-state index contributed by atoms with van der Waals surface area (Å²) >= 11 is 0. The van der Waals surface area contributed by atoms with Gasteiger partial charge in [0.15, 0.2) is 0 Å². The molecule has 0 bridgehead atoms. The van der Waals surface area contributed by atoms with Crippen molar-refractivity contribution < 1.29 is 4.42 Å². The maximum atomic E-state index is 11.0. The molecule has 82 valence electrons. The maximum absolute atomic E-state index is 11.0. The van der Waals surface area contributed by atoms with E-state index >= 15 is 0 Å². The van der Waals surface area contributed by atoms with E-state index < -0.39 is 0 Å². The molecule has 1 aromatic heterocycles. The second kappa shape index (κ2) is 4.35. The van der Waals surface area contributed by atoms with Gasteiger partial charge in [0.05, 0.1) is 0 Å². The van der Waals surface area contributed by atoms with E-state index in [-0.39, 0.29) is 5.63 Å². The number of allylic oxidation sites excluding steroid dienone is 2. The van der Waals surface area contributed by atoms with Gasteiger partial charge in [0.25, 0.3) is 0 Å². The lowest BCUT2D eigenvalue weighted by Crippen LogP contribution is -1.94. The van der Waals surface area contributed by atoms with Gasteiger partial charge in [-0.05, 0) is 44.0 Å². The van der Waals surface area contributed by atoms with Crippen LogP contribution in [-0.2, 0) is 6.42 Å². The van der Waals surface area contributed by atoms with E-state index in [2.05, 4.69) is 26.0 Å². The minimum absolute atomic E-state index is 0.301. The summed E-state index contributed by atoms with van der Waals surface area (Å²) in [5.41, 5.74) is 2.88. The van der Waals surface area contributed by atoms with Gasteiger partial charge in [-0.2, -0.15) is 0 Å². The maximum Gasteiger partial charge on any atom is 0.336 e. The highest BCUT2D eigenvalue weighted by Gasteiger charge is 1.98. The zero-order chi connectivity index (χ0) is 11.5. The Morgan fingerprint density at radius 3 is 2.81 bits per heavy atom. The second-order valence-corrected chi connectivity index (χ2v) is 4.11. The summed E-state index contributed by atoms with van der Waals surface area (Å²) in [6, 6.07) is 9.15. The average molecular weight is 214 g/mol. The highest BCUT2D eigenvalue weighted by Crippen LogP contribution is 2.15. The molecule has 0 radical (unpaired) electrons. The number of fused-ring (bicyclic) bond motifs is 1. The Morgan fingerprint density at radius 1 is 1.25 bits per heavy atom. The van der Waals surface area contributed by atoms with Gasteiger partial charge in [-0.15, -0.1) is 0 Å². The molecule has 0 N–H and O–H groups in total. The van der Waals surface area contributed by atoms with Crippen LogP contribution in [-0.4, -0.2) is 0 Å². The van der Waals surface area contributed by atoms with E-state index in [0.717, 1.165) is 11.8 Å². The number of hydrogen-bond acceptors (Lipinski definition) is 2. The number of rotatable bonds is 2. The molecule has 16 heavy (non-hydrogen) atoms. The first-order valence-electron chi connectivity index (χ1n) is 5.31. The van der Waals surface area contributed by atoms with Crippen LogP contribution in [0, 0.1) is 0 Å². The quantitative estimate of drug-likeness (QED) is 0.567. The van der Waals surface area contributed by atoms with Crippen LogP contribution in [0.4, 0.5) is 0 Å². The fourth-order valence-electron chi connectivity index (χ4n) is 1.57. The van der Waals surface area contributed by atoms with Gasteiger partial charge in [-0.1, -0.05) is 17.7 Å². The van der Waals surface area contributed by atoms with Crippen molar-refractivity contribution in [2.75, 3.05) is 0 Å². The molecule has 1 heterocycles. The molecule has 1 aromatic carbocycles. The Bertz CT molecular complexity index is 587. The lowest BCUT2D eigenvalue weighted by molar-refractivity contribution is 0.561. The van der Waals surface area contributed by atoms with Gasteiger partial charge in [0.2, 0.25) is 0 Å². The van der Waals surface area contributed by atoms with Crippen molar-refractivity contribution in [2.45, 2.75) is 20.3 Å². The van der Waals surface area contributed by atoms with Crippen LogP contribution < -0.4 is 5.63 Å². The molecule has 0 atom stereocenters. The second-order valence-electron chi connectivity index (χ2n) is 4.11. The van der Waals surface area contributed by atoms with Crippen molar-refractivity contribution in [1.82, 2.24) is 0 Å². The third kappa shape index (κ3) is 2.40. The molecule has 0 aliphatic heterocycles. The minimum Gasteiger partial charge on any atom is -0.423 e. The highest BCUT2D eigenvalue weighted by atomic mass is 16.4. The zero-order valence-corrected chi connectivity index (χ0v) is 9.49. The molecule has 0 unspecified atom stereocenters. The SMILES string of the molecule is CC(C)=CCc1ccc2oc(=O)ccc2c1. The van der Waals surface area contributed by atoms with E-state index in [4.69, 9.17) is 4.42 Å². The monoisotopic (exact) mass is 214 g/mol. The molecule has 2 nitrogen and oxygen atoms in total.